The predicted molar refractivity (Wildman–Crippen MR) is 136 cm³/mol. The Hall–Kier alpha value is -2.00. The first-order chi connectivity index (χ1) is 15.6. The molecule has 2 aromatic rings. The number of aromatic nitrogens is 1. The van der Waals surface area contributed by atoms with E-state index in [4.69, 9.17) is 4.43 Å². The molecular weight excluding hydrogens is 450 g/mol. The first-order valence-corrected chi connectivity index (χ1v) is 14.6. The fourth-order valence-corrected chi connectivity index (χ4v) is 11.6. The van der Waals surface area contributed by atoms with Crippen molar-refractivity contribution in [1.82, 2.24) is 15.4 Å². The zero-order valence-corrected chi connectivity index (χ0v) is 22.3. The highest BCUT2D eigenvalue weighted by atomic mass is 32.2. The van der Waals surface area contributed by atoms with Gasteiger partial charge in [0, 0.05) is 6.20 Å². The maximum absolute atomic E-state index is 13.0. The van der Waals surface area contributed by atoms with Gasteiger partial charge in [0.1, 0.15) is 5.37 Å². The van der Waals surface area contributed by atoms with Gasteiger partial charge in [0.05, 0.1) is 22.3 Å². The number of carbonyl (C=O) groups excluding carboxylic acids is 2. The second-order valence-electron chi connectivity index (χ2n) is 9.47. The Bertz CT molecular complexity index is 927. The number of carbonyl (C=O) groups is 2. The third-order valence-corrected chi connectivity index (χ3v) is 13.9. The van der Waals surface area contributed by atoms with Crippen molar-refractivity contribution in [2.24, 2.45) is 0 Å². The molecule has 3 rings (SSSR count). The first kappa shape index (κ1) is 25.6. The van der Waals surface area contributed by atoms with E-state index in [0.717, 1.165) is 10.0 Å². The number of amides is 2. The lowest BCUT2D eigenvalue weighted by Gasteiger charge is -2.45. The number of benzene rings is 1. The van der Waals surface area contributed by atoms with Gasteiger partial charge >= 0.3 is 0 Å². The lowest BCUT2D eigenvalue weighted by atomic mass is 10.1. The molecule has 0 saturated heterocycles. The fraction of sp³-hybridized carbons (Fsp3) is 0.480. The fourth-order valence-electron chi connectivity index (χ4n) is 5.00. The molecule has 2 atom stereocenters. The largest absolute Gasteiger partial charge is 0.411 e. The maximum atomic E-state index is 13.0. The molecule has 2 heterocycles. The van der Waals surface area contributed by atoms with Crippen LogP contribution in [0.1, 0.15) is 69.2 Å². The summed E-state index contributed by atoms with van der Waals surface area (Å²) in [7, 11) is -2.19. The molecule has 178 valence electrons. The number of hydrogen-bond acceptors (Lipinski definition) is 6. The highest BCUT2D eigenvalue weighted by Crippen LogP contribution is 2.44. The van der Waals surface area contributed by atoms with Crippen LogP contribution in [0.3, 0.4) is 0 Å². The molecule has 8 heteroatoms. The van der Waals surface area contributed by atoms with Gasteiger partial charge in [-0.15, -0.1) is 0 Å². The lowest BCUT2D eigenvalue weighted by Crippen LogP contribution is -2.56. The van der Waals surface area contributed by atoms with Crippen molar-refractivity contribution in [2.45, 2.75) is 81.6 Å². The van der Waals surface area contributed by atoms with Crippen LogP contribution in [0.25, 0.3) is 0 Å². The average molecular weight is 486 g/mol. The summed E-state index contributed by atoms with van der Waals surface area (Å²) < 4.78 is 6.99. The number of nitrogens with one attached hydrogen (secondary N) is 1. The maximum Gasteiger partial charge on any atom is 0.276 e. The molecule has 1 N–H and O–H groups in total. The number of fused-ring (bicyclic) bond motifs is 1. The summed E-state index contributed by atoms with van der Waals surface area (Å²) in [6, 6.07) is 12.6. The number of pyridine rings is 1. The van der Waals surface area contributed by atoms with Crippen molar-refractivity contribution in [2.75, 3.05) is 0 Å². The standard InChI is InChI=1S/C25H35N3O3SSi/c1-16(2)33(17(3)4,18(5)6)31-19(7)23(32-22-14-10-11-15-26-22)27-28-24(29)20-12-8-9-13-21(20)25(28)30/h8-19,23,27H,1-7H3/t19-,23-/m1/s1. The summed E-state index contributed by atoms with van der Waals surface area (Å²) in [5, 5.41) is 1.55. The summed E-state index contributed by atoms with van der Waals surface area (Å²) >= 11 is 1.47. The molecule has 1 aromatic heterocycles. The zero-order valence-electron chi connectivity index (χ0n) is 20.5. The quantitative estimate of drug-likeness (QED) is 0.196. The van der Waals surface area contributed by atoms with Crippen LogP contribution >= 0.6 is 11.8 Å². The van der Waals surface area contributed by atoms with Crippen molar-refractivity contribution in [3.8, 4) is 0 Å². The van der Waals surface area contributed by atoms with E-state index in [-0.39, 0.29) is 23.3 Å². The van der Waals surface area contributed by atoms with E-state index in [1.165, 1.54) is 11.8 Å². The summed E-state index contributed by atoms with van der Waals surface area (Å²) in [5.74, 6) is -0.677. The van der Waals surface area contributed by atoms with Gasteiger partial charge in [-0.25, -0.2) is 15.4 Å². The lowest BCUT2D eigenvalue weighted by molar-refractivity contribution is 0.0512. The van der Waals surface area contributed by atoms with E-state index in [1.807, 2.05) is 25.1 Å². The van der Waals surface area contributed by atoms with Crippen LogP contribution in [0.5, 0.6) is 0 Å². The molecule has 2 amide bonds. The van der Waals surface area contributed by atoms with E-state index < -0.39 is 8.32 Å². The minimum atomic E-state index is -2.19. The summed E-state index contributed by atoms with van der Waals surface area (Å²) in [6.07, 6.45) is 1.47. The molecule has 0 bridgehead atoms. The molecule has 1 aliphatic heterocycles. The molecule has 33 heavy (non-hydrogen) atoms. The Morgan fingerprint density at radius 1 is 0.848 bits per heavy atom. The second kappa shape index (κ2) is 10.5. The van der Waals surface area contributed by atoms with Crippen molar-refractivity contribution >= 4 is 31.9 Å². The monoisotopic (exact) mass is 485 g/mol. The molecule has 0 radical (unpaired) electrons. The third-order valence-electron chi connectivity index (χ3n) is 6.46. The van der Waals surface area contributed by atoms with Crippen molar-refractivity contribution < 1.29 is 14.0 Å². The van der Waals surface area contributed by atoms with Crippen LogP contribution in [0, 0.1) is 0 Å². The van der Waals surface area contributed by atoms with Crippen molar-refractivity contribution in [3.63, 3.8) is 0 Å². The van der Waals surface area contributed by atoms with Gasteiger partial charge in [-0.05, 0) is 47.8 Å². The highest BCUT2D eigenvalue weighted by Gasteiger charge is 2.47. The van der Waals surface area contributed by atoms with E-state index in [9.17, 15) is 9.59 Å². The summed E-state index contributed by atoms with van der Waals surface area (Å²) in [5.41, 5.74) is 5.29. The SMILES string of the molecule is CC(C)[Si](O[C@H](C)[C@H](NN1C(=O)c2ccccc2C1=O)Sc1ccccn1)(C(C)C)C(C)C. The minimum Gasteiger partial charge on any atom is -0.411 e. The first-order valence-electron chi connectivity index (χ1n) is 11.6. The van der Waals surface area contributed by atoms with Gasteiger partial charge in [0.2, 0.25) is 8.32 Å². The normalized spacial score (nSPS) is 16.1. The van der Waals surface area contributed by atoms with E-state index in [1.54, 1.807) is 30.5 Å². The smallest absolute Gasteiger partial charge is 0.276 e. The molecule has 0 unspecified atom stereocenters. The van der Waals surface area contributed by atoms with E-state index in [2.05, 4.69) is 52.0 Å². The second-order valence-corrected chi connectivity index (χ2v) is 16.0. The molecule has 0 fully saturated rings. The van der Waals surface area contributed by atoms with Crippen LogP contribution in [-0.2, 0) is 4.43 Å². The van der Waals surface area contributed by atoms with Gasteiger partial charge in [-0.2, -0.15) is 0 Å². The number of hydrazine groups is 1. The van der Waals surface area contributed by atoms with Crippen molar-refractivity contribution in [1.29, 1.82) is 0 Å². The Labute approximate surface area is 202 Å². The summed E-state index contributed by atoms with van der Waals surface area (Å²) in [6.45, 7) is 15.5. The number of nitrogens with zero attached hydrogens (tertiary/aromatic N) is 2. The number of imide groups is 1. The Kier molecular flexibility index (Phi) is 8.16. The molecule has 1 aromatic carbocycles. The van der Waals surface area contributed by atoms with Gasteiger partial charge in [-0.1, -0.05) is 71.5 Å². The van der Waals surface area contributed by atoms with Crippen LogP contribution in [0.2, 0.25) is 16.6 Å². The summed E-state index contributed by atoms with van der Waals surface area (Å²) in [4.78, 5) is 30.5. The van der Waals surface area contributed by atoms with Crippen LogP contribution < -0.4 is 5.43 Å². The molecule has 6 nitrogen and oxygen atoms in total. The predicted octanol–water partition coefficient (Wildman–Crippen LogP) is 5.88. The van der Waals surface area contributed by atoms with Gasteiger partial charge in [-0.3, -0.25) is 9.59 Å². The minimum absolute atomic E-state index is 0.264. The molecule has 0 aliphatic carbocycles. The Balaban J connectivity index is 1.92. The Morgan fingerprint density at radius 3 is 1.82 bits per heavy atom. The molecule has 1 aliphatic rings. The zero-order chi connectivity index (χ0) is 24.3. The Morgan fingerprint density at radius 2 is 1.36 bits per heavy atom. The topological polar surface area (TPSA) is 71.5 Å². The molecular formula is C25H35N3O3SSi. The van der Waals surface area contributed by atoms with Crippen LogP contribution in [0.4, 0.5) is 0 Å². The number of thioether (sulfide) groups is 1. The number of rotatable bonds is 10. The van der Waals surface area contributed by atoms with Crippen LogP contribution in [0.15, 0.2) is 53.7 Å². The highest BCUT2D eigenvalue weighted by molar-refractivity contribution is 7.99. The van der Waals surface area contributed by atoms with Crippen LogP contribution in [-0.4, -0.2) is 41.6 Å². The molecule has 0 spiro atoms. The average Bonchev–Trinajstić information content (AvgIpc) is 3.01. The van der Waals surface area contributed by atoms with Crippen molar-refractivity contribution in [3.05, 3.63) is 59.8 Å². The third kappa shape index (κ3) is 5.09. The van der Waals surface area contributed by atoms with Gasteiger partial charge in [0.15, 0.2) is 0 Å². The van der Waals surface area contributed by atoms with E-state index in [0.29, 0.717) is 27.8 Å². The van der Waals surface area contributed by atoms with Gasteiger partial charge in [0.25, 0.3) is 11.8 Å². The number of hydrogen-bond donors (Lipinski definition) is 1. The van der Waals surface area contributed by atoms with Gasteiger partial charge < -0.3 is 4.43 Å². The van der Waals surface area contributed by atoms with E-state index >= 15 is 0 Å². The molecule has 0 saturated carbocycles.